The Hall–Kier alpha value is -3.33. The van der Waals surface area contributed by atoms with Crippen molar-refractivity contribution in [2.75, 3.05) is 0 Å². The van der Waals surface area contributed by atoms with Crippen LogP contribution >= 0.6 is 23.2 Å². The maximum Gasteiger partial charge on any atom is 0.184 e. The van der Waals surface area contributed by atoms with E-state index in [9.17, 15) is 8.42 Å². The summed E-state index contributed by atoms with van der Waals surface area (Å²) < 4.78 is 25.7. The Morgan fingerprint density at radius 2 is 1.73 bits per heavy atom. The summed E-state index contributed by atoms with van der Waals surface area (Å²) in [4.78, 5) is 13.5. The molecule has 33 heavy (non-hydrogen) atoms. The Morgan fingerprint density at radius 3 is 2.48 bits per heavy atom. The lowest BCUT2D eigenvalue weighted by atomic mass is 10.1. The Kier molecular flexibility index (Phi) is 5.57. The van der Waals surface area contributed by atoms with Gasteiger partial charge in [0.25, 0.3) is 0 Å². The molecule has 0 saturated heterocycles. The molecular formula is C23H15Cl2N5O2S. The summed E-state index contributed by atoms with van der Waals surface area (Å²) in [5, 5.41) is 8.20. The first-order valence-electron chi connectivity index (χ1n) is 9.79. The average molecular weight is 496 g/mol. The van der Waals surface area contributed by atoms with Crippen molar-refractivity contribution in [1.29, 1.82) is 0 Å². The predicted octanol–water partition coefficient (Wildman–Crippen LogP) is 5.36. The average Bonchev–Trinajstić information content (AvgIpc) is 3.29. The van der Waals surface area contributed by atoms with E-state index < -0.39 is 9.84 Å². The maximum absolute atomic E-state index is 12.9. The summed E-state index contributed by atoms with van der Waals surface area (Å²) in [7, 11) is -3.68. The Bertz CT molecular complexity index is 1570. The SMILES string of the molecule is O=S(=O)(Cc1ccc(-c2nc(-c3cccnc3)c3cn[nH]c3n2)cc1)c1cc(Cl)ccc1Cl. The van der Waals surface area contributed by atoms with E-state index in [1.165, 1.54) is 12.1 Å². The number of hydrogen-bond acceptors (Lipinski definition) is 6. The van der Waals surface area contributed by atoms with Gasteiger partial charge >= 0.3 is 0 Å². The molecule has 0 amide bonds. The molecule has 10 heteroatoms. The summed E-state index contributed by atoms with van der Waals surface area (Å²) in [6.45, 7) is 0. The number of pyridine rings is 1. The van der Waals surface area contributed by atoms with E-state index >= 15 is 0 Å². The predicted molar refractivity (Wildman–Crippen MR) is 128 cm³/mol. The van der Waals surface area contributed by atoms with Crippen LogP contribution in [0.4, 0.5) is 0 Å². The first-order valence-corrected chi connectivity index (χ1v) is 12.2. The van der Waals surface area contributed by atoms with Gasteiger partial charge in [0.2, 0.25) is 0 Å². The fourth-order valence-electron chi connectivity index (χ4n) is 3.45. The van der Waals surface area contributed by atoms with Crippen LogP contribution < -0.4 is 0 Å². The molecule has 1 N–H and O–H groups in total. The van der Waals surface area contributed by atoms with Gasteiger partial charge in [0.05, 0.1) is 32.9 Å². The molecule has 7 nitrogen and oxygen atoms in total. The molecule has 2 aromatic carbocycles. The fraction of sp³-hybridized carbons (Fsp3) is 0.0435. The Labute approximate surface area is 199 Å². The Balaban J connectivity index is 1.48. The second-order valence-corrected chi connectivity index (χ2v) is 10.1. The van der Waals surface area contributed by atoms with Gasteiger partial charge in [-0.25, -0.2) is 18.4 Å². The van der Waals surface area contributed by atoms with E-state index in [4.69, 9.17) is 28.2 Å². The number of nitrogens with zero attached hydrogens (tertiary/aromatic N) is 4. The Morgan fingerprint density at radius 1 is 0.909 bits per heavy atom. The smallest absolute Gasteiger partial charge is 0.184 e. The highest BCUT2D eigenvalue weighted by atomic mass is 35.5. The third-order valence-corrected chi connectivity index (χ3v) is 7.44. The summed E-state index contributed by atoms with van der Waals surface area (Å²) in [5.74, 6) is 0.271. The van der Waals surface area contributed by atoms with Crippen LogP contribution in [0.3, 0.4) is 0 Å². The van der Waals surface area contributed by atoms with Gasteiger partial charge in [-0.2, -0.15) is 5.10 Å². The summed E-state index contributed by atoms with van der Waals surface area (Å²) in [6, 6.07) is 15.2. The summed E-state index contributed by atoms with van der Waals surface area (Å²) in [5.41, 5.74) is 3.48. The molecule has 0 aliphatic rings. The molecule has 0 aliphatic carbocycles. The molecule has 0 saturated carbocycles. The van der Waals surface area contributed by atoms with Gasteiger partial charge in [-0.05, 0) is 35.9 Å². The van der Waals surface area contributed by atoms with E-state index in [2.05, 4.69) is 20.2 Å². The minimum Gasteiger partial charge on any atom is -0.264 e. The number of benzene rings is 2. The number of halogens is 2. The van der Waals surface area contributed by atoms with Crippen molar-refractivity contribution < 1.29 is 8.42 Å². The number of hydrogen-bond donors (Lipinski definition) is 1. The van der Waals surface area contributed by atoms with Crippen LogP contribution in [0.1, 0.15) is 5.56 Å². The monoisotopic (exact) mass is 495 g/mol. The highest BCUT2D eigenvalue weighted by Crippen LogP contribution is 2.30. The lowest BCUT2D eigenvalue weighted by molar-refractivity contribution is 0.595. The van der Waals surface area contributed by atoms with E-state index in [1.54, 1.807) is 48.9 Å². The van der Waals surface area contributed by atoms with Crippen molar-refractivity contribution in [1.82, 2.24) is 25.1 Å². The zero-order valence-electron chi connectivity index (χ0n) is 16.9. The maximum atomic E-state index is 12.9. The van der Waals surface area contributed by atoms with Gasteiger partial charge in [0, 0.05) is 28.5 Å². The lowest BCUT2D eigenvalue weighted by Gasteiger charge is -2.09. The molecule has 0 radical (unpaired) electrons. The van der Waals surface area contributed by atoms with Crippen molar-refractivity contribution in [3.05, 3.63) is 88.8 Å². The van der Waals surface area contributed by atoms with Gasteiger partial charge < -0.3 is 0 Å². The number of aromatic nitrogens is 5. The van der Waals surface area contributed by atoms with E-state index in [0.717, 1.165) is 16.5 Å². The third kappa shape index (κ3) is 4.32. The fourth-order valence-corrected chi connectivity index (χ4v) is 5.62. The van der Waals surface area contributed by atoms with Crippen LogP contribution in [0.2, 0.25) is 10.0 Å². The second kappa shape index (κ2) is 8.55. The summed E-state index contributed by atoms with van der Waals surface area (Å²) >= 11 is 12.0. The lowest BCUT2D eigenvalue weighted by Crippen LogP contribution is -2.06. The normalized spacial score (nSPS) is 11.7. The number of H-pyrrole nitrogens is 1. The van der Waals surface area contributed by atoms with Crippen LogP contribution in [0, 0.1) is 0 Å². The number of aromatic amines is 1. The zero-order valence-corrected chi connectivity index (χ0v) is 19.2. The molecule has 0 spiro atoms. The molecule has 164 valence electrons. The molecule has 5 aromatic rings. The molecule has 0 unspecified atom stereocenters. The van der Waals surface area contributed by atoms with Gasteiger partial charge in [-0.1, -0.05) is 47.5 Å². The quantitative estimate of drug-likeness (QED) is 0.352. The van der Waals surface area contributed by atoms with Crippen LogP contribution in [0.15, 0.2) is 78.1 Å². The minimum absolute atomic E-state index is 0.00915. The third-order valence-electron chi connectivity index (χ3n) is 5.04. The number of sulfone groups is 1. The van der Waals surface area contributed by atoms with Gasteiger partial charge in [-0.3, -0.25) is 10.1 Å². The molecule has 3 aromatic heterocycles. The van der Waals surface area contributed by atoms with E-state index in [1.807, 2.05) is 12.1 Å². The second-order valence-electron chi connectivity index (χ2n) is 7.30. The number of rotatable bonds is 5. The highest BCUT2D eigenvalue weighted by molar-refractivity contribution is 7.90. The minimum atomic E-state index is -3.68. The first kappa shape index (κ1) is 21.5. The van der Waals surface area contributed by atoms with Crippen molar-refractivity contribution in [2.45, 2.75) is 10.6 Å². The van der Waals surface area contributed by atoms with Crippen molar-refractivity contribution in [3.63, 3.8) is 0 Å². The van der Waals surface area contributed by atoms with E-state index in [-0.39, 0.29) is 15.7 Å². The zero-order chi connectivity index (χ0) is 23.0. The number of fused-ring (bicyclic) bond motifs is 1. The molecule has 5 rings (SSSR count). The van der Waals surface area contributed by atoms with Crippen LogP contribution in [0.5, 0.6) is 0 Å². The molecule has 0 atom stereocenters. The number of nitrogens with one attached hydrogen (secondary N) is 1. The van der Waals surface area contributed by atoms with Crippen molar-refractivity contribution in [2.24, 2.45) is 0 Å². The van der Waals surface area contributed by atoms with Crippen LogP contribution in [0.25, 0.3) is 33.7 Å². The first-order chi connectivity index (χ1) is 15.9. The van der Waals surface area contributed by atoms with Crippen LogP contribution in [-0.4, -0.2) is 33.6 Å². The molecular weight excluding hydrogens is 481 g/mol. The molecule has 0 bridgehead atoms. The van der Waals surface area contributed by atoms with Crippen LogP contribution in [-0.2, 0) is 15.6 Å². The molecule has 0 fully saturated rings. The molecule has 0 aliphatic heterocycles. The van der Waals surface area contributed by atoms with Crippen molar-refractivity contribution >= 4 is 44.1 Å². The highest BCUT2D eigenvalue weighted by Gasteiger charge is 2.20. The van der Waals surface area contributed by atoms with Gasteiger partial charge in [0.1, 0.15) is 0 Å². The van der Waals surface area contributed by atoms with Crippen molar-refractivity contribution in [3.8, 4) is 22.6 Å². The summed E-state index contributed by atoms with van der Waals surface area (Å²) in [6.07, 6.45) is 5.10. The van der Waals surface area contributed by atoms with E-state index in [0.29, 0.717) is 27.8 Å². The standard InChI is InChI=1S/C23H15Cl2N5O2S/c24-17-7-8-19(25)20(10-17)33(31,32)13-14-3-5-15(6-4-14)22-28-21(16-2-1-9-26-11-16)18-12-27-30-23(18)29-22/h1-12H,13H2,(H,27,28,29,30). The molecule has 3 heterocycles. The van der Waals surface area contributed by atoms with Gasteiger partial charge in [0.15, 0.2) is 21.3 Å². The topological polar surface area (TPSA) is 101 Å². The largest absolute Gasteiger partial charge is 0.264 e. The van der Waals surface area contributed by atoms with Gasteiger partial charge in [-0.15, -0.1) is 0 Å².